The molecular weight excluding hydrogens is 369 g/mol. The smallest absolute Gasteiger partial charge is 0.335 e. The van der Waals surface area contributed by atoms with Gasteiger partial charge in [0, 0.05) is 16.0 Å². The van der Waals surface area contributed by atoms with E-state index < -0.39 is 5.97 Å². The van der Waals surface area contributed by atoms with Gasteiger partial charge in [0.25, 0.3) is 0 Å². The molecule has 0 saturated heterocycles. The number of carboxylic acid groups (broad SMARTS) is 1. The van der Waals surface area contributed by atoms with Gasteiger partial charge in [-0.15, -0.1) is 11.3 Å². The summed E-state index contributed by atoms with van der Waals surface area (Å²) in [7, 11) is 0. The molecule has 0 aliphatic rings. The minimum atomic E-state index is -0.967. The van der Waals surface area contributed by atoms with E-state index >= 15 is 0 Å². The zero-order chi connectivity index (χ0) is 17.1. The van der Waals surface area contributed by atoms with Crippen molar-refractivity contribution < 1.29 is 14.6 Å². The Balaban J connectivity index is 1.69. The molecule has 24 heavy (non-hydrogen) atoms. The van der Waals surface area contributed by atoms with Gasteiger partial charge in [0.2, 0.25) is 0 Å². The van der Waals surface area contributed by atoms with Gasteiger partial charge in [-0.1, -0.05) is 23.2 Å². The number of nitrogens with zero attached hydrogens (tertiary/aromatic N) is 1. The Morgan fingerprint density at radius 1 is 1.17 bits per heavy atom. The monoisotopic (exact) mass is 379 g/mol. The maximum atomic E-state index is 10.8. The predicted molar refractivity (Wildman–Crippen MR) is 95.3 cm³/mol. The summed E-state index contributed by atoms with van der Waals surface area (Å²) >= 11 is 13.5. The van der Waals surface area contributed by atoms with Crippen molar-refractivity contribution in [3.8, 4) is 17.0 Å². The lowest BCUT2D eigenvalue weighted by molar-refractivity contribution is 0.0697. The second-order valence-corrected chi connectivity index (χ2v) is 6.66. The number of carboxylic acids is 1. The Bertz CT molecular complexity index is 878. The molecule has 0 unspecified atom stereocenters. The van der Waals surface area contributed by atoms with Crippen molar-refractivity contribution in [1.82, 2.24) is 4.98 Å². The standard InChI is InChI=1S/C17H11Cl2NO3S/c18-11-3-6-13(14(19)7-11)15-9-24-16(20-15)8-23-12-4-1-10(2-5-12)17(21)22/h1-7,9H,8H2,(H,21,22). The molecule has 1 aromatic heterocycles. The van der Waals surface area contributed by atoms with Crippen LogP contribution in [0.25, 0.3) is 11.3 Å². The van der Waals surface area contributed by atoms with E-state index in [0.717, 1.165) is 16.3 Å². The van der Waals surface area contributed by atoms with E-state index in [-0.39, 0.29) is 5.56 Å². The van der Waals surface area contributed by atoms with Crippen molar-refractivity contribution >= 4 is 40.5 Å². The average molecular weight is 380 g/mol. The van der Waals surface area contributed by atoms with Crippen LogP contribution in [-0.4, -0.2) is 16.1 Å². The summed E-state index contributed by atoms with van der Waals surface area (Å²) in [4.78, 5) is 15.3. The topological polar surface area (TPSA) is 59.4 Å². The number of rotatable bonds is 5. The maximum absolute atomic E-state index is 10.8. The number of thiazole rings is 1. The lowest BCUT2D eigenvalue weighted by atomic mass is 10.2. The number of benzene rings is 2. The van der Waals surface area contributed by atoms with Crippen molar-refractivity contribution in [2.45, 2.75) is 6.61 Å². The van der Waals surface area contributed by atoms with Crippen molar-refractivity contribution in [2.24, 2.45) is 0 Å². The molecule has 0 saturated carbocycles. The largest absolute Gasteiger partial charge is 0.486 e. The Labute approximate surface area is 152 Å². The number of hydrogen-bond acceptors (Lipinski definition) is 4. The van der Waals surface area contributed by atoms with Crippen LogP contribution >= 0.6 is 34.5 Å². The number of halogens is 2. The lowest BCUT2D eigenvalue weighted by Crippen LogP contribution is -1.98. The molecule has 1 heterocycles. The number of hydrogen-bond donors (Lipinski definition) is 1. The van der Waals surface area contributed by atoms with Crippen molar-refractivity contribution in [3.63, 3.8) is 0 Å². The molecule has 0 aliphatic carbocycles. The second-order valence-electron chi connectivity index (χ2n) is 4.87. The van der Waals surface area contributed by atoms with Gasteiger partial charge in [-0.05, 0) is 42.5 Å². The van der Waals surface area contributed by atoms with Gasteiger partial charge in [-0.2, -0.15) is 0 Å². The molecule has 4 nitrogen and oxygen atoms in total. The third-order valence-corrected chi connectivity index (χ3v) is 4.59. The molecule has 0 amide bonds. The molecule has 0 atom stereocenters. The average Bonchev–Trinajstić information content (AvgIpc) is 3.02. The molecule has 0 spiro atoms. The van der Waals surface area contributed by atoms with E-state index in [0.29, 0.717) is 22.4 Å². The van der Waals surface area contributed by atoms with Gasteiger partial charge in [-0.3, -0.25) is 0 Å². The van der Waals surface area contributed by atoms with Gasteiger partial charge in [0.15, 0.2) is 0 Å². The van der Waals surface area contributed by atoms with E-state index in [1.807, 2.05) is 11.4 Å². The van der Waals surface area contributed by atoms with Crippen LogP contribution in [0.3, 0.4) is 0 Å². The van der Waals surface area contributed by atoms with Gasteiger partial charge < -0.3 is 9.84 Å². The Hall–Kier alpha value is -2.08. The third-order valence-electron chi connectivity index (χ3n) is 3.22. The minimum absolute atomic E-state index is 0.219. The fourth-order valence-corrected chi connectivity index (χ4v) is 3.25. The number of ether oxygens (including phenoxy) is 1. The maximum Gasteiger partial charge on any atom is 0.335 e. The first-order valence-electron chi connectivity index (χ1n) is 6.89. The summed E-state index contributed by atoms with van der Waals surface area (Å²) in [6, 6.07) is 11.5. The lowest BCUT2D eigenvalue weighted by Gasteiger charge is -2.04. The molecule has 7 heteroatoms. The van der Waals surface area contributed by atoms with E-state index in [1.54, 1.807) is 24.3 Å². The van der Waals surface area contributed by atoms with E-state index in [1.165, 1.54) is 23.5 Å². The van der Waals surface area contributed by atoms with Gasteiger partial charge in [-0.25, -0.2) is 9.78 Å². The first kappa shape index (κ1) is 16.8. The normalized spacial score (nSPS) is 10.6. The summed E-state index contributed by atoms with van der Waals surface area (Å²) in [6.45, 7) is 0.294. The van der Waals surface area contributed by atoms with Crippen LogP contribution in [-0.2, 0) is 6.61 Å². The van der Waals surface area contributed by atoms with E-state index in [2.05, 4.69) is 4.98 Å². The highest BCUT2D eigenvalue weighted by Gasteiger charge is 2.09. The van der Waals surface area contributed by atoms with Crippen molar-refractivity contribution in [1.29, 1.82) is 0 Å². The molecule has 0 fully saturated rings. The summed E-state index contributed by atoms with van der Waals surface area (Å²) in [6.07, 6.45) is 0. The fraction of sp³-hybridized carbons (Fsp3) is 0.0588. The number of aromatic nitrogens is 1. The quantitative estimate of drug-likeness (QED) is 0.644. The second kappa shape index (κ2) is 7.21. The van der Waals surface area contributed by atoms with Gasteiger partial charge in [0.05, 0.1) is 16.3 Å². The molecular formula is C17H11Cl2NO3S. The SMILES string of the molecule is O=C(O)c1ccc(OCc2nc(-c3ccc(Cl)cc3Cl)cs2)cc1. The zero-order valence-electron chi connectivity index (χ0n) is 12.2. The van der Waals surface area contributed by atoms with Crippen LogP contribution < -0.4 is 4.74 Å². The van der Waals surface area contributed by atoms with Gasteiger partial charge in [0.1, 0.15) is 17.4 Å². The van der Waals surface area contributed by atoms with Crippen molar-refractivity contribution in [2.75, 3.05) is 0 Å². The van der Waals surface area contributed by atoms with Crippen LogP contribution in [0.4, 0.5) is 0 Å². The molecule has 0 bridgehead atoms. The number of aromatic carboxylic acids is 1. The first-order chi connectivity index (χ1) is 11.5. The highest BCUT2D eigenvalue weighted by molar-refractivity contribution is 7.09. The molecule has 1 N–H and O–H groups in total. The minimum Gasteiger partial charge on any atom is -0.486 e. The number of carbonyl (C=O) groups is 1. The highest BCUT2D eigenvalue weighted by atomic mass is 35.5. The predicted octanol–water partition coefficient (Wildman–Crippen LogP) is 5.39. The highest BCUT2D eigenvalue weighted by Crippen LogP contribution is 2.31. The molecule has 3 aromatic rings. The zero-order valence-corrected chi connectivity index (χ0v) is 14.5. The Morgan fingerprint density at radius 2 is 1.92 bits per heavy atom. The van der Waals surface area contributed by atoms with Crippen LogP contribution in [0.15, 0.2) is 47.8 Å². The fourth-order valence-electron chi connectivity index (χ4n) is 2.04. The first-order valence-corrected chi connectivity index (χ1v) is 8.52. The Morgan fingerprint density at radius 3 is 2.58 bits per heavy atom. The summed E-state index contributed by atoms with van der Waals surface area (Å²) in [5, 5.41) is 12.7. The van der Waals surface area contributed by atoms with Crippen molar-refractivity contribution in [3.05, 3.63) is 68.5 Å². The Kier molecular flexibility index (Phi) is 5.04. The van der Waals surface area contributed by atoms with E-state index in [9.17, 15) is 4.79 Å². The van der Waals surface area contributed by atoms with Crippen LogP contribution in [0.5, 0.6) is 5.75 Å². The summed E-state index contributed by atoms with van der Waals surface area (Å²) < 4.78 is 5.63. The molecule has 2 aromatic carbocycles. The molecule has 0 radical (unpaired) electrons. The van der Waals surface area contributed by atoms with Gasteiger partial charge >= 0.3 is 5.97 Å². The molecule has 0 aliphatic heterocycles. The summed E-state index contributed by atoms with van der Waals surface area (Å²) in [5.74, 6) is -0.382. The van der Waals surface area contributed by atoms with Crippen LogP contribution in [0, 0.1) is 0 Å². The summed E-state index contributed by atoms with van der Waals surface area (Å²) in [5.41, 5.74) is 1.80. The van der Waals surface area contributed by atoms with Crippen LogP contribution in [0.2, 0.25) is 10.0 Å². The third kappa shape index (κ3) is 3.87. The molecule has 122 valence electrons. The van der Waals surface area contributed by atoms with Crippen LogP contribution in [0.1, 0.15) is 15.4 Å². The molecule has 3 rings (SSSR count). The van der Waals surface area contributed by atoms with E-state index in [4.69, 9.17) is 33.0 Å².